The Morgan fingerprint density at radius 1 is 0.853 bits per heavy atom. The van der Waals surface area contributed by atoms with Crippen LogP contribution in [0.5, 0.6) is 0 Å². The number of nitrogens with one attached hydrogen (secondary N) is 1. The lowest BCUT2D eigenvalue weighted by Crippen LogP contribution is -2.31. The summed E-state index contributed by atoms with van der Waals surface area (Å²) in [7, 11) is -3.51. The topological polar surface area (TPSA) is 79.6 Å². The molecule has 7 heteroatoms. The molecule has 1 amide bonds. The highest BCUT2D eigenvalue weighted by molar-refractivity contribution is 7.92. The molecule has 0 radical (unpaired) electrons. The molecule has 6 nitrogen and oxygen atoms in total. The summed E-state index contributed by atoms with van der Waals surface area (Å²) in [5, 5.41) is 6.74. The Morgan fingerprint density at radius 2 is 1.56 bits per heavy atom. The first-order valence-electron chi connectivity index (χ1n) is 11.1. The third-order valence-electron chi connectivity index (χ3n) is 5.86. The third kappa shape index (κ3) is 4.34. The second-order valence-electron chi connectivity index (χ2n) is 8.29. The van der Waals surface area contributed by atoms with Gasteiger partial charge >= 0.3 is 0 Å². The van der Waals surface area contributed by atoms with Gasteiger partial charge in [0.2, 0.25) is 15.9 Å². The van der Waals surface area contributed by atoms with Crippen molar-refractivity contribution in [2.75, 3.05) is 22.4 Å². The zero-order valence-electron chi connectivity index (χ0n) is 18.7. The van der Waals surface area contributed by atoms with Gasteiger partial charge in [0.25, 0.3) is 0 Å². The molecule has 4 aromatic carbocycles. The van der Waals surface area contributed by atoms with Crippen molar-refractivity contribution >= 4 is 60.0 Å². The molecular weight excluding hydrogens is 448 g/mol. The van der Waals surface area contributed by atoms with E-state index in [1.165, 1.54) is 10.6 Å². The standard InChI is InChI=1S/C27H24N2O4S/c1-34(31,32)29(24-12-6-9-19-8-2-3-10-21(19)24)17-7-14-27(30)28-20-15-16-23-22-11-4-5-13-25(22)33-26(23)18-20/h2-6,8-13,15-16,18H,7,14,17H2,1H3,(H,28,30). The lowest BCUT2D eigenvalue weighted by molar-refractivity contribution is -0.116. The fraction of sp³-hybridized carbons (Fsp3) is 0.148. The van der Waals surface area contributed by atoms with Crippen molar-refractivity contribution in [1.82, 2.24) is 0 Å². The summed E-state index contributed by atoms with van der Waals surface area (Å²) in [4.78, 5) is 12.6. The van der Waals surface area contributed by atoms with Gasteiger partial charge in [-0.3, -0.25) is 9.10 Å². The van der Waals surface area contributed by atoms with E-state index in [0.717, 1.165) is 27.1 Å². The van der Waals surface area contributed by atoms with Crippen LogP contribution >= 0.6 is 0 Å². The second-order valence-corrected chi connectivity index (χ2v) is 10.2. The summed E-state index contributed by atoms with van der Waals surface area (Å²) in [6, 6.07) is 26.7. The van der Waals surface area contributed by atoms with E-state index in [-0.39, 0.29) is 18.9 Å². The Bertz CT molecular complexity index is 1620. The summed E-state index contributed by atoms with van der Waals surface area (Å²) in [6.07, 6.45) is 1.77. The minimum atomic E-state index is -3.51. The molecule has 0 saturated heterocycles. The maximum Gasteiger partial charge on any atom is 0.232 e. The van der Waals surface area contributed by atoms with Crippen molar-refractivity contribution in [1.29, 1.82) is 0 Å². The number of amides is 1. The van der Waals surface area contributed by atoms with E-state index >= 15 is 0 Å². The monoisotopic (exact) mass is 472 g/mol. The molecule has 0 fully saturated rings. The smallest absolute Gasteiger partial charge is 0.232 e. The van der Waals surface area contributed by atoms with Gasteiger partial charge in [-0.05, 0) is 36.1 Å². The highest BCUT2D eigenvalue weighted by Crippen LogP contribution is 2.31. The quantitative estimate of drug-likeness (QED) is 0.319. The molecule has 0 atom stereocenters. The van der Waals surface area contributed by atoms with Gasteiger partial charge in [0, 0.05) is 40.9 Å². The maximum atomic E-state index is 12.6. The zero-order valence-corrected chi connectivity index (χ0v) is 19.5. The van der Waals surface area contributed by atoms with Crippen LogP contribution in [0.1, 0.15) is 12.8 Å². The second kappa shape index (κ2) is 8.83. The molecule has 0 saturated carbocycles. The summed E-state index contributed by atoms with van der Waals surface area (Å²) >= 11 is 0. The average molecular weight is 473 g/mol. The van der Waals surface area contributed by atoms with E-state index < -0.39 is 10.0 Å². The number of carbonyl (C=O) groups excluding carboxylic acids is 1. The van der Waals surface area contributed by atoms with Gasteiger partial charge < -0.3 is 9.73 Å². The minimum absolute atomic E-state index is 0.179. The Labute approximate surface area is 197 Å². The van der Waals surface area contributed by atoms with Crippen LogP contribution in [0.25, 0.3) is 32.7 Å². The molecular formula is C27H24N2O4S. The molecule has 0 bridgehead atoms. The SMILES string of the molecule is CS(=O)(=O)N(CCCC(=O)Nc1ccc2c(c1)oc1ccccc12)c1cccc2ccccc12. The Morgan fingerprint density at radius 3 is 2.38 bits per heavy atom. The van der Waals surface area contributed by atoms with E-state index in [4.69, 9.17) is 4.42 Å². The number of anilines is 2. The lowest BCUT2D eigenvalue weighted by atomic mass is 10.1. The molecule has 5 aromatic rings. The Hall–Kier alpha value is -3.84. The van der Waals surface area contributed by atoms with Gasteiger partial charge in [-0.15, -0.1) is 0 Å². The molecule has 5 rings (SSSR count). The minimum Gasteiger partial charge on any atom is -0.456 e. The molecule has 1 heterocycles. The summed E-state index contributed by atoms with van der Waals surface area (Å²) in [5.74, 6) is -0.179. The van der Waals surface area contributed by atoms with E-state index in [9.17, 15) is 13.2 Å². The van der Waals surface area contributed by atoms with Gasteiger partial charge in [0.1, 0.15) is 11.2 Å². The van der Waals surface area contributed by atoms with Crippen molar-refractivity contribution in [3.8, 4) is 0 Å². The molecule has 0 aliphatic carbocycles. The first kappa shape index (κ1) is 22.0. The summed E-state index contributed by atoms with van der Waals surface area (Å²) in [5.41, 5.74) is 2.77. The fourth-order valence-corrected chi connectivity index (χ4v) is 5.28. The first-order chi connectivity index (χ1) is 16.4. The van der Waals surface area contributed by atoms with Gasteiger partial charge in [-0.25, -0.2) is 8.42 Å². The van der Waals surface area contributed by atoms with Gasteiger partial charge in [-0.1, -0.05) is 54.6 Å². The molecule has 0 spiro atoms. The van der Waals surface area contributed by atoms with E-state index in [1.54, 1.807) is 6.07 Å². The van der Waals surface area contributed by atoms with Crippen LogP contribution in [-0.4, -0.2) is 27.1 Å². The molecule has 172 valence electrons. The largest absolute Gasteiger partial charge is 0.456 e. The predicted octanol–water partition coefficient (Wildman–Crippen LogP) is 5.92. The number of carbonyl (C=O) groups is 1. The Balaban J connectivity index is 1.28. The maximum absolute atomic E-state index is 12.6. The van der Waals surface area contributed by atoms with E-state index in [1.807, 2.05) is 78.9 Å². The van der Waals surface area contributed by atoms with Crippen LogP contribution in [0.4, 0.5) is 11.4 Å². The van der Waals surface area contributed by atoms with Gasteiger partial charge in [0.15, 0.2) is 0 Å². The fourth-order valence-electron chi connectivity index (χ4n) is 4.30. The van der Waals surface area contributed by atoms with Crippen LogP contribution in [-0.2, 0) is 14.8 Å². The number of hydrogen-bond acceptors (Lipinski definition) is 4. The third-order valence-corrected chi connectivity index (χ3v) is 7.04. The normalized spacial score (nSPS) is 11.8. The first-order valence-corrected chi connectivity index (χ1v) is 12.9. The van der Waals surface area contributed by atoms with Crippen LogP contribution in [0.2, 0.25) is 0 Å². The van der Waals surface area contributed by atoms with Gasteiger partial charge in [-0.2, -0.15) is 0 Å². The van der Waals surface area contributed by atoms with Crippen LogP contribution in [0.15, 0.2) is 89.3 Å². The number of sulfonamides is 1. The van der Waals surface area contributed by atoms with Crippen molar-refractivity contribution in [3.63, 3.8) is 0 Å². The molecule has 0 unspecified atom stereocenters. The molecule has 0 aliphatic heterocycles. The highest BCUT2D eigenvalue weighted by atomic mass is 32.2. The van der Waals surface area contributed by atoms with E-state index in [2.05, 4.69) is 5.32 Å². The molecule has 0 aliphatic rings. The van der Waals surface area contributed by atoms with Gasteiger partial charge in [0.05, 0.1) is 11.9 Å². The number of rotatable bonds is 7. The zero-order chi connectivity index (χ0) is 23.7. The molecule has 1 aromatic heterocycles. The summed E-state index contributed by atoms with van der Waals surface area (Å²) in [6.45, 7) is 0.211. The lowest BCUT2D eigenvalue weighted by Gasteiger charge is -2.24. The number of hydrogen-bond donors (Lipinski definition) is 1. The number of nitrogens with zero attached hydrogens (tertiary/aromatic N) is 1. The van der Waals surface area contributed by atoms with Crippen molar-refractivity contribution in [2.45, 2.75) is 12.8 Å². The van der Waals surface area contributed by atoms with Crippen molar-refractivity contribution in [3.05, 3.63) is 84.9 Å². The molecule has 34 heavy (non-hydrogen) atoms. The van der Waals surface area contributed by atoms with Crippen molar-refractivity contribution in [2.24, 2.45) is 0 Å². The predicted molar refractivity (Wildman–Crippen MR) is 138 cm³/mol. The van der Waals surface area contributed by atoms with Crippen LogP contribution < -0.4 is 9.62 Å². The van der Waals surface area contributed by atoms with Crippen LogP contribution in [0.3, 0.4) is 0 Å². The van der Waals surface area contributed by atoms with Crippen LogP contribution in [0, 0.1) is 0 Å². The summed E-state index contributed by atoms with van der Waals surface area (Å²) < 4.78 is 32.4. The number of fused-ring (bicyclic) bond motifs is 4. The van der Waals surface area contributed by atoms with Crippen molar-refractivity contribution < 1.29 is 17.6 Å². The number of para-hydroxylation sites is 1. The van der Waals surface area contributed by atoms with E-state index in [0.29, 0.717) is 23.4 Å². The number of furan rings is 1. The molecule has 1 N–H and O–H groups in total. The number of benzene rings is 4. The highest BCUT2D eigenvalue weighted by Gasteiger charge is 2.19. The Kier molecular flexibility index (Phi) is 5.71. The average Bonchev–Trinajstić information content (AvgIpc) is 3.18.